The lowest BCUT2D eigenvalue weighted by atomic mass is 10.3. The summed E-state index contributed by atoms with van der Waals surface area (Å²) in [5.41, 5.74) is 0. The van der Waals surface area contributed by atoms with Gasteiger partial charge in [-0.15, -0.1) is 0 Å². The minimum atomic E-state index is -1.73. The van der Waals surface area contributed by atoms with Gasteiger partial charge < -0.3 is 0 Å². The number of benzene rings is 1. The van der Waals surface area contributed by atoms with Gasteiger partial charge in [-0.05, 0) is 19.2 Å². The normalized spacial score (nSPS) is 16.1. The van der Waals surface area contributed by atoms with Crippen molar-refractivity contribution in [2.75, 3.05) is 0 Å². The molecule has 1 atom stereocenters. The molecule has 0 radical (unpaired) electrons. The second-order valence-corrected chi connectivity index (χ2v) is 10.4. The Labute approximate surface area is 105 Å². The highest BCUT2D eigenvalue weighted by Gasteiger charge is 2.33. The smallest absolute Gasteiger partial charge is 0.0457 e. The van der Waals surface area contributed by atoms with Crippen LogP contribution < -0.4 is 10.4 Å². The minimum Gasteiger partial charge on any atom is -0.282 e. The van der Waals surface area contributed by atoms with Crippen LogP contribution in [0.2, 0.25) is 0 Å². The van der Waals surface area contributed by atoms with Gasteiger partial charge in [0.25, 0.3) is 0 Å². The van der Waals surface area contributed by atoms with Gasteiger partial charge in [-0.3, -0.25) is 5.09 Å². The molecule has 1 aromatic rings. The predicted octanol–water partition coefficient (Wildman–Crippen LogP) is 3.50. The van der Waals surface area contributed by atoms with Gasteiger partial charge >= 0.3 is 0 Å². The Kier molecular flexibility index (Phi) is 4.34. The van der Waals surface area contributed by atoms with Crippen molar-refractivity contribution in [1.82, 2.24) is 5.09 Å². The molecule has 0 spiro atoms. The van der Waals surface area contributed by atoms with Gasteiger partial charge in [0.2, 0.25) is 0 Å². The molecule has 0 aliphatic rings. The van der Waals surface area contributed by atoms with E-state index in [2.05, 4.69) is 64.0 Å². The molecule has 0 aliphatic heterocycles. The molecule has 1 nitrogen and oxygen atoms in total. The molecular weight excluding hydrogens is 233 g/mol. The molecule has 0 fully saturated rings. The lowest BCUT2D eigenvalue weighted by molar-refractivity contribution is 0.714. The Balaban J connectivity index is 3.22. The molecular formula is C13H22NPS. The van der Waals surface area contributed by atoms with E-state index in [1.807, 2.05) is 6.07 Å². The topological polar surface area (TPSA) is 12.0 Å². The van der Waals surface area contributed by atoms with Crippen LogP contribution in [0.3, 0.4) is 0 Å². The average molecular weight is 255 g/mol. The van der Waals surface area contributed by atoms with Crippen LogP contribution in [-0.2, 0) is 11.8 Å². The zero-order chi connectivity index (χ0) is 12.4. The molecule has 0 aliphatic carbocycles. The van der Waals surface area contributed by atoms with Crippen molar-refractivity contribution in [3.8, 4) is 0 Å². The molecule has 1 rings (SSSR count). The number of nitrogens with one attached hydrogen (secondary N) is 1. The van der Waals surface area contributed by atoms with Crippen molar-refractivity contribution >= 4 is 23.3 Å². The SMILES string of the molecule is CC(C)N[P@@](=S)(c1ccccc1)C(C)(C)C. The fraction of sp³-hybridized carbons (Fsp3) is 0.538. The van der Waals surface area contributed by atoms with Gasteiger partial charge in [-0.25, -0.2) is 0 Å². The maximum atomic E-state index is 5.98. The molecule has 0 saturated carbocycles. The summed E-state index contributed by atoms with van der Waals surface area (Å²) in [6.45, 7) is 11.0. The van der Waals surface area contributed by atoms with Crippen LogP contribution in [0, 0.1) is 0 Å². The first-order chi connectivity index (χ1) is 7.27. The Morgan fingerprint density at radius 2 is 1.62 bits per heavy atom. The van der Waals surface area contributed by atoms with Crippen LogP contribution in [0.15, 0.2) is 30.3 Å². The largest absolute Gasteiger partial charge is 0.282 e. The van der Waals surface area contributed by atoms with Crippen LogP contribution in [0.1, 0.15) is 34.6 Å². The molecule has 1 aromatic carbocycles. The molecule has 1 N–H and O–H groups in total. The highest BCUT2D eigenvalue weighted by Crippen LogP contribution is 2.53. The molecule has 0 unspecified atom stereocenters. The van der Waals surface area contributed by atoms with Gasteiger partial charge in [0.15, 0.2) is 0 Å². The Morgan fingerprint density at radius 1 is 1.12 bits per heavy atom. The van der Waals surface area contributed by atoms with Crippen molar-refractivity contribution in [2.24, 2.45) is 0 Å². The standard InChI is InChI=1S/C13H22NPS/c1-11(2)14-15(16,13(3,4)5)12-9-7-6-8-10-12/h6-11H,1-5H3,(H,14,16)/t15-/m1/s1. The summed E-state index contributed by atoms with van der Waals surface area (Å²) in [6, 6.07) is 10.9. The second-order valence-electron chi connectivity index (χ2n) is 5.40. The van der Waals surface area contributed by atoms with Crippen molar-refractivity contribution in [3.63, 3.8) is 0 Å². The van der Waals surface area contributed by atoms with E-state index in [1.165, 1.54) is 5.30 Å². The summed E-state index contributed by atoms with van der Waals surface area (Å²) < 4.78 is 0. The Hall–Kier alpha value is -0.170. The molecule has 16 heavy (non-hydrogen) atoms. The molecule has 0 aromatic heterocycles. The van der Waals surface area contributed by atoms with Crippen LogP contribution >= 0.6 is 6.19 Å². The maximum absolute atomic E-state index is 5.98. The lowest BCUT2D eigenvalue weighted by Gasteiger charge is -2.37. The van der Waals surface area contributed by atoms with Gasteiger partial charge in [0, 0.05) is 17.4 Å². The summed E-state index contributed by atoms with van der Waals surface area (Å²) >= 11 is 5.98. The van der Waals surface area contributed by atoms with E-state index in [1.54, 1.807) is 0 Å². The third kappa shape index (κ3) is 2.94. The van der Waals surface area contributed by atoms with Gasteiger partial charge in [-0.2, -0.15) is 0 Å². The number of rotatable bonds is 3. The summed E-state index contributed by atoms with van der Waals surface area (Å²) in [7, 11) is 0. The molecule has 3 heteroatoms. The van der Waals surface area contributed by atoms with Crippen LogP contribution in [-0.4, -0.2) is 11.2 Å². The third-order valence-electron chi connectivity index (χ3n) is 2.50. The molecule has 0 amide bonds. The van der Waals surface area contributed by atoms with Crippen molar-refractivity contribution in [1.29, 1.82) is 0 Å². The highest BCUT2D eigenvalue weighted by molar-refractivity contribution is 8.18. The average Bonchev–Trinajstić information content (AvgIpc) is 2.16. The number of hydrogen-bond donors (Lipinski definition) is 1. The van der Waals surface area contributed by atoms with Gasteiger partial charge in [0.05, 0.1) is 0 Å². The summed E-state index contributed by atoms with van der Waals surface area (Å²) in [5, 5.41) is 5.03. The van der Waals surface area contributed by atoms with Crippen molar-refractivity contribution in [3.05, 3.63) is 30.3 Å². The summed E-state index contributed by atoms with van der Waals surface area (Å²) in [6.07, 6.45) is -1.73. The van der Waals surface area contributed by atoms with Crippen LogP contribution in [0.5, 0.6) is 0 Å². The molecule has 0 heterocycles. The van der Waals surface area contributed by atoms with E-state index in [4.69, 9.17) is 11.8 Å². The maximum Gasteiger partial charge on any atom is 0.0457 e. The van der Waals surface area contributed by atoms with Crippen molar-refractivity contribution in [2.45, 2.75) is 45.8 Å². The van der Waals surface area contributed by atoms with E-state index in [0.29, 0.717) is 6.04 Å². The molecule has 90 valence electrons. The Bertz CT molecular complexity index is 379. The zero-order valence-corrected chi connectivity index (χ0v) is 12.5. The zero-order valence-electron chi connectivity index (χ0n) is 10.8. The van der Waals surface area contributed by atoms with E-state index in [9.17, 15) is 0 Å². The van der Waals surface area contributed by atoms with E-state index in [0.717, 1.165) is 0 Å². The fourth-order valence-corrected chi connectivity index (χ4v) is 5.28. The summed E-state index contributed by atoms with van der Waals surface area (Å²) in [4.78, 5) is 0. The van der Waals surface area contributed by atoms with Gasteiger partial charge in [-0.1, -0.05) is 62.9 Å². The Morgan fingerprint density at radius 3 is 2.00 bits per heavy atom. The third-order valence-corrected chi connectivity index (χ3v) is 8.89. The fourth-order valence-electron chi connectivity index (χ4n) is 1.66. The number of hydrogen-bond acceptors (Lipinski definition) is 1. The minimum absolute atomic E-state index is 0.105. The van der Waals surface area contributed by atoms with E-state index < -0.39 is 6.19 Å². The van der Waals surface area contributed by atoms with Crippen LogP contribution in [0.4, 0.5) is 0 Å². The van der Waals surface area contributed by atoms with Crippen molar-refractivity contribution < 1.29 is 0 Å². The van der Waals surface area contributed by atoms with E-state index >= 15 is 0 Å². The quantitative estimate of drug-likeness (QED) is 0.830. The van der Waals surface area contributed by atoms with Gasteiger partial charge in [0.1, 0.15) is 0 Å². The first-order valence-electron chi connectivity index (χ1n) is 5.71. The molecule has 0 bridgehead atoms. The first kappa shape index (κ1) is 13.9. The van der Waals surface area contributed by atoms with E-state index in [-0.39, 0.29) is 5.16 Å². The summed E-state index contributed by atoms with van der Waals surface area (Å²) in [5.74, 6) is 0. The monoisotopic (exact) mass is 255 g/mol. The van der Waals surface area contributed by atoms with Crippen LogP contribution in [0.25, 0.3) is 0 Å². The highest BCUT2D eigenvalue weighted by atomic mass is 32.4. The first-order valence-corrected chi connectivity index (χ1v) is 8.51. The second kappa shape index (κ2) is 5.00. The molecule has 0 saturated heterocycles. The predicted molar refractivity (Wildman–Crippen MR) is 78.4 cm³/mol. The lowest BCUT2D eigenvalue weighted by Crippen LogP contribution is -2.35.